The maximum Gasteiger partial charge on any atom is 0.270 e. The van der Waals surface area contributed by atoms with Gasteiger partial charge in [-0.05, 0) is 54.2 Å². The van der Waals surface area contributed by atoms with Crippen molar-refractivity contribution in [3.8, 4) is 0 Å². The van der Waals surface area contributed by atoms with E-state index in [0.29, 0.717) is 23.7 Å². The fourth-order valence-corrected chi connectivity index (χ4v) is 4.84. The van der Waals surface area contributed by atoms with Gasteiger partial charge in [-0.2, -0.15) is 0 Å². The van der Waals surface area contributed by atoms with Crippen molar-refractivity contribution in [2.45, 2.75) is 46.3 Å². The number of fused-ring (bicyclic) bond motifs is 2. The van der Waals surface area contributed by atoms with Gasteiger partial charge >= 0.3 is 0 Å². The Morgan fingerprint density at radius 2 is 1.85 bits per heavy atom. The molecule has 1 amide bonds. The van der Waals surface area contributed by atoms with Crippen molar-refractivity contribution in [1.29, 1.82) is 0 Å². The average molecular weight is 473 g/mol. The maximum absolute atomic E-state index is 13.1. The number of nitrogens with one attached hydrogen (secondary N) is 1. The van der Waals surface area contributed by atoms with Crippen LogP contribution in [0.3, 0.4) is 0 Å². The van der Waals surface area contributed by atoms with Crippen molar-refractivity contribution in [2.24, 2.45) is 0 Å². The molecule has 0 spiro atoms. The molecule has 0 unspecified atom stereocenters. The Morgan fingerprint density at radius 1 is 1.06 bits per heavy atom. The van der Waals surface area contributed by atoms with Crippen LogP contribution in [0, 0.1) is 6.92 Å². The Morgan fingerprint density at radius 3 is 2.65 bits per heavy atom. The topological polar surface area (TPSA) is 49.6 Å². The van der Waals surface area contributed by atoms with Gasteiger partial charge in [0.25, 0.3) is 5.91 Å². The van der Waals surface area contributed by atoms with Gasteiger partial charge in [0.05, 0.1) is 10.7 Å². The summed E-state index contributed by atoms with van der Waals surface area (Å²) in [5.74, 6) is -0.131. The summed E-state index contributed by atoms with van der Waals surface area (Å²) >= 11 is 6.17. The summed E-state index contributed by atoms with van der Waals surface area (Å²) in [6.07, 6.45) is 3.45. The fraction of sp³-hybridized carbons (Fsp3) is 0.286. The Hall–Kier alpha value is -3.15. The average Bonchev–Trinajstić information content (AvgIpc) is 3.21. The number of amides is 1. The predicted octanol–water partition coefficient (Wildman–Crippen LogP) is 5.35. The first kappa shape index (κ1) is 22.6. The van der Waals surface area contributed by atoms with Crippen molar-refractivity contribution in [3.63, 3.8) is 0 Å². The molecule has 0 aliphatic carbocycles. The molecule has 3 heterocycles. The van der Waals surface area contributed by atoms with E-state index < -0.39 is 0 Å². The molecule has 4 aromatic rings. The lowest BCUT2D eigenvalue weighted by molar-refractivity contribution is 0.0944. The van der Waals surface area contributed by atoms with Gasteiger partial charge < -0.3 is 5.32 Å². The van der Waals surface area contributed by atoms with E-state index in [1.165, 1.54) is 22.3 Å². The molecular weight excluding hydrogens is 444 g/mol. The predicted molar refractivity (Wildman–Crippen MR) is 136 cm³/mol. The summed E-state index contributed by atoms with van der Waals surface area (Å²) in [6.45, 7) is 7.58. The molecule has 2 aromatic carbocycles. The van der Waals surface area contributed by atoms with Crippen LogP contribution in [0.4, 0.5) is 0 Å². The molecule has 0 atom stereocenters. The summed E-state index contributed by atoms with van der Waals surface area (Å²) in [7, 11) is 0. The highest BCUT2D eigenvalue weighted by Gasteiger charge is 2.20. The molecule has 1 aliphatic heterocycles. The second-order valence-electron chi connectivity index (χ2n) is 9.07. The van der Waals surface area contributed by atoms with Gasteiger partial charge in [-0.3, -0.25) is 14.1 Å². The zero-order chi connectivity index (χ0) is 23.7. The summed E-state index contributed by atoms with van der Waals surface area (Å²) in [4.78, 5) is 20.2. The zero-order valence-electron chi connectivity index (χ0n) is 19.6. The monoisotopic (exact) mass is 472 g/mol. The molecular formula is C28H29ClN4O. The normalized spacial score (nSPS) is 13.7. The van der Waals surface area contributed by atoms with E-state index in [9.17, 15) is 4.79 Å². The van der Waals surface area contributed by atoms with Crippen LogP contribution >= 0.6 is 11.6 Å². The highest BCUT2D eigenvalue weighted by molar-refractivity contribution is 6.30. The van der Waals surface area contributed by atoms with Crippen molar-refractivity contribution >= 4 is 23.2 Å². The first-order chi connectivity index (χ1) is 16.5. The maximum atomic E-state index is 13.1. The van der Waals surface area contributed by atoms with Crippen molar-refractivity contribution in [3.05, 3.63) is 105 Å². The smallest absolute Gasteiger partial charge is 0.270 e. The molecule has 0 saturated carbocycles. The van der Waals surface area contributed by atoms with E-state index >= 15 is 0 Å². The lowest BCUT2D eigenvalue weighted by atomic mass is 9.96. The molecule has 1 N–H and O–H groups in total. The number of aryl methyl sites for hydroxylation is 2. The number of imidazole rings is 1. The number of nitrogens with zero attached hydrogens (tertiary/aromatic N) is 3. The number of hydrogen-bond acceptors (Lipinski definition) is 3. The fourth-order valence-electron chi connectivity index (χ4n) is 4.68. The second kappa shape index (κ2) is 9.61. The first-order valence-corrected chi connectivity index (χ1v) is 12.2. The van der Waals surface area contributed by atoms with Crippen molar-refractivity contribution in [1.82, 2.24) is 19.6 Å². The molecule has 174 valence electrons. The third kappa shape index (κ3) is 4.72. The molecule has 1 aliphatic rings. The van der Waals surface area contributed by atoms with Gasteiger partial charge in [0, 0.05) is 32.4 Å². The Labute approximate surface area is 205 Å². The lowest BCUT2D eigenvalue weighted by Crippen LogP contribution is -2.30. The summed E-state index contributed by atoms with van der Waals surface area (Å²) in [6, 6.07) is 19.0. The van der Waals surface area contributed by atoms with Gasteiger partial charge in [-0.15, -0.1) is 0 Å². The number of pyridine rings is 1. The number of halogens is 1. The van der Waals surface area contributed by atoms with E-state index in [0.717, 1.165) is 43.0 Å². The molecule has 0 fully saturated rings. The molecule has 2 aromatic heterocycles. The highest BCUT2D eigenvalue weighted by Crippen LogP contribution is 2.23. The van der Waals surface area contributed by atoms with Gasteiger partial charge in [0.15, 0.2) is 0 Å². The van der Waals surface area contributed by atoms with Crippen molar-refractivity contribution < 1.29 is 4.79 Å². The third-order valence-electron chi connectivity index (χ3n) is 6.55. The molecule has 5 rings (SSSR count). The quantitative estimate of drug-likeness (QED) is 0.411. The van der Waals surface area contributed by atoms with Gasteiger partial charge in [-0.1, -0.05) is 66.6 Å². The van der Waals surface area contributed by atoms with Crippen LogP contribution in [0.2, 0.25) is 5.02 Å². The van der Waals surface area contributed by atoms with E-state index in [4.69, 9.17) is 11.6 Å². The summed E-state index contributed by atoms with van der Waals surface area (Å²) in [5.41, 5.74) is 8.58. The number of hydrogen-bond donors (Lipinski definition) is 1. The second-order valence-corrected chi connectivity index (χ2v) is 9.50. The summed E-state index contributed by atoms with van der Waals surface area (Å²) in [5, 5.41) is 3.66. The van der Waals surface area contributed by atoms with Gasteiger partial charge in [-0.25, -0.2) is 4.98 Å². The first-order valence-electron chi connectivity index (χ1n) is 11.8. The molecule has 6 heteroatoms. The highest BCUT2D eigenvalue weighted by atomic mass is 35.5. The van der Waals surface area contributed by atoms with E-state index in [-0.39, 0.29) is 5.91 Å². The van der Waals surface area contributed by atoms with Crippen LogP contribution in [0.1, 0.15) is 50.9 Å². The lowest BCUT2D eigenvalue weighted by Gasteiger charge is -2.29. The van der Waals surface area contributed by atoms with Crippen LogP contribution in [-0.2, 0) is 32.5 Å². The van der Waals surface area contributed by atoms with E-state index in [1.54, 1.807) is 16.7 Å². The standard InChI is InChI=1S/C28H29ClN4O/c1-3-25-27(33-18-24(29)10-11-26(33)31-25)28(34)30-15-21-8-9-23-17-32(13-12-22(23)14-21)16-20-6-4-19(2)5-7-20/h4-11,14,18H,3,12-13,15-17H2,1-2H3,(H,30,34). The Balaban J connectivity index is 1.26. The number of benzene rings is 2. The minimum Gasteiger partial charge on any atom is -0.347 e. The Kier molecular flexibility index (Phi) is 6.40. The SMILES string of the molecule is CCc1nc2ccc(Cl)cn2c1C(=O)NCc1ccc2c(c1)CCN(Cc1ccc(C)cc1)C2. The van der Waals surface area contributed by atoms with E-state index in [1.807, 2.05) is 13.0 Å². The van der Waals surface area contributed by atoms with Crippen LogP contribution < -0.4 is 5.32 Å². The zero-order valence-corrected chi connectivity index (χ0v) is 20.4. The van der Waals surface area contributed by atoms with Crippen molar-refractivity contribution in [2.75, 3.05) is 6.54 Å². The number of carbonyl (C=O) groups is 1. The number of rotatable bonds is 6. The minimum atomic E-state index is -0.131. The number of carbonyl (C=O) groups excluding carboxylic acids is 1. The molecule has 0 radical (unpaired) electrons. The molecule has 0 saturated heterocycles. The third-order valence-corrected chi connectivity index (χ3v) is 6.77. The molecule has 0 bridgehead atoms. The molecule has 34 heavy (non-hydrogen) atoms. The van der Waals surface area contributed by atoms with Crippen LogP contribution in [-0.4, -0.2) is 26.7 Å². The number of aromatic nitrogens is 2. The largest absolute Gasteiger partial charge is 0.347 e. The molecule has 5 nitrogen and oxygen atoms in total. The van der Waals surface area contributed by atoms with Gasteiger partial charge in [0.2, 0.25) is 0 Å². The van der Waals surface area contributed by atoms with Crippen LogP contribution in [0.5, 0.6) is 0 Å². The summed E-state index contributed by atoms with van der Waals surface area (Å²) < 4.78 is 1.78. The van der Waals surface area contributed by atoms with Gasteiger partial charge in [0.1, 0.15) is 11.3 Å². The van der Waals surface area contributed by atoms with Crippen LogP contribution in [0.25, 0.3) is 5.65 Å². The van der Waals surface area contributed by atoms with E-state index in [2.05, 4.69) is 64.6 Å². The minimum absolute atomic E-state index is 0.131. The van der Waals surface area contributed by atoms with Crippen LogP contribution in [0.15, 0.2) is 60.8 Å². The Bertz CT molecular complexity index is 1340.